The molecule has 10 atom stereocenters. The lowest BCUT2D eigenvalue weighted by Crippen LogP contribution is -2.55. The number of rotatable bonds is 5. The number of hydrogen-bond donors (Lipinski definition) is 0. The molecule has 0 aromatic rings. The summed E-state index contributed by atoms with van der Waals surface area (Å²) in [5, 5.41) is 0.380. The van der Waals surface area contributed by atoms with Crippen LogP contribution in [0.15, 0.2) is 0 Å². The first-order valence-electron chi connectivity index (χ1n) is 12.9. The monoisotopic (exact) mass is 440 g/mol. The molecule has 0 bridgehead atoms. The number of hydrogen-bond acceptors (Lipinski definition) is 0. The van der Waals surface area contributed by atoms with E-state index in [2.05, 4.69) is 34.6 Å². The zero-order valence-electron chi connectivity index (χ0n) is 19.7. The van der Waals surface area contributed by atoms with Crippen LogP contribution in [0.2, 0.25) is 0 Å². The third-order valence-corrected chi connectivity index (χ3v) is 11.9. The Kier molecular flexibility index (Phi) is 6.67. The second-order valence-electron chi connectivity index (χ2n) is 12.7. The van der Waals surface area contributed by atoms with Crippen molar-refractivity contribution < 1.29 is 0 Å². The van der Waals surface area contributed by atoms with Gasteiger partial charge < -0.3 is 0 Å². The summed E-state index contributed by atoms with van der Waals surface area (Å²) in [7, 11) is 0. The maximum absolute atomic E-state index is 6.75. The molecular formula is C27H46Cl2. The fourth-order valence-electron chi connectivity index (χ4n) is 9.23. The number of alkyl halides is 2. The van der Waals surface area contributed by atoms with Crippen molar-refractivity contribution in [1.29, 1.82) is 0 Å². The van der Waals surface area contributed by atoms with E-state index in [1.54, 1.807) is 0 Å². The van der Waals surface area contributed by atoms with Crippen molar-refractivity contribution >= 4 is 23.2 Å². The average Bonchev–Trinajstić information content (AvgIpc) is 3.00. The molecule has 0 spiro atoms. The predicted molar refractivity (Wildman–Crippen MR) is 128 cm³/mol. The molecule has 4 aliphatic carbocycles. The van der Waals surface area contributed by atoms with Gasteiger partial charge in [0.1, 0.15) is 0 Å². The SMILES string of the molecule is CC(C)CCC[C@@H](C)[C@H]1CC[C@H]2[C@@H]3CC[C@H]4CC(Cl)[C@H](Cl)C[C@]4(C)[C@H]3CC[C@]12C. The minimum Gasteiger partial charge on any atom is -0.121 e. The van der Waals surface area contributed by atoms with Gasteiger partial charge in [-0.3, -0.25) is 0 Å². The van der Waals surface area contributed by atoms with Gasteiger partial charge in [-0.2, -0.15) is 0 Å². The third kappa shape index (κ3) is 3.94. The van der Waals surface area contributed by atoms with Crippen LogP contribution < -0.4 is 0 Å². The third-order valence-electron chi connectivity index (χ3n) is 10.8. The molecule has 2 heteroatoms. The fourth-order valence-corrected chi connectivity index (χ4v) is 9.97. The molecule has 0 nitrogen and oxygen atoms in total. The van der Waals surface area contributed by atoms with Gasteiger partial charge in [0.2, 0.25) is 0 Å². The average molecular weight is 442 g/mol. The van der Waals surface area contributed by atoms with Crippen molar-refractivity contribution in [1.82, 2.24) is 0 Å². The molecule has 1 unspecified atom stereocenters. The molecule has 4 saturated carbocycles. The van der Waals surface area contributed by atoms with E-state index in [1.807, 2.05) is 0 Å². The second kappa shape index (κ2) is 8.50. The molecule has 0 N–H and O–H groups in total. The second-order valence-corrected chi connectivity index (χ2v) is 13.8. The predicted octanol–water partition coefficient (Wildman–Crippen LogP) is 8.93. The molecule has 168 valence electrons. The number of halogens is 2. The van der Waals surface area contributed by atoms with Crippen LogP contribution in [0.3, 0.4) is 0 Å². The van der Waals surface area contributed by atoms with E-state index < -0.39 is 0 Å². The van der Waals surface area contributed by atoms with Gasteiger partial charge in [0.05, 0.1) is 10.8 Å². The van der Waals surface area contributed by atoms with E-state index in [0.29, 0.717) is 10.8 Å². The lowest BCUT2D eigenvalue weighted by molar-refractivity contribution is -0.113. The van der Waals surface area contributed by atoms with Crippen LogP contribution in [0, 0.1) is 52.3 Å². The summed E-state index contributed by atoms with van der Waals surface area (Å²) in [6, 6.07) is 0. The van der Waals surface area contributed by atoms with E-state index >= 15 is 0 Å². The van der Waals surface area contributed by atoms with Gasteiger partial charge in [-0.1, -0.05) is 53.9 Å². The van der Waals surface area contributed by atoms with E-state index in [1.165, 1.54) is 57.8 Å². The molecule has 0 amide bonds. The Morgan fingerprint density at radius 3 is 2.28 bits per heavy atom. The molecule has 4 rings (SSSR count). The minimum atomic E-state index is 0.183. The molecule has 0 heterocycles. The Bertz CT molecular complexity index is 573. The minimum absolute atomic E-state index is 0.183. The first-order chi connectivity index (χ1) is 13.7. The van der Waals surface area contributed by atoms with Crippen LogP contribution in [0.5, 0.6) is 0 Å². The van der Waals surface area contributed by atoms with Crippen LogP contribution in [0.4, 0.5) is 0 Å². The van der Waals surface area contributed by atoms with Crippen LogP contribution in [0.1, 0.15) is 105 Å². The summed E-state index contributed by atoms with van der Waals surface area (Å²) in [5.41, 5.74) is 1.05. The Morgan fingerprint density at radius 1 is 0.828 bits per heavy atom. The van der Waals surface area contributed by atoms with E-state index in [9.17, 15) is 0 Å². The molecular weight excluding hydrogens is 395 g/mol. The standard InChI is InChI=1S/C27H46Cl2/c1-17(2)7-6-8-18(3)21-11-12-22-20-10-9-19-15-24(28)25(29)16-27(19,5)23(20)13-14-26(21,22)4/h17-25H,6-16H2,1-5H3/t18-,19+,20+,21-,22+,23+,24?,25-,26-,27+/m1/s1. The van der Waals surface area contributed by atoms with E-state index in [4.69, 9.17) is 23.2 Å². The zero-order valence-corrected chi connectivity index (χ0v) is 21.2. The molecule has 4 aliphatic rings. The van der Waals surface area contributed by atoms with Crippen molar-refractivity contribution in [2.45, 2.75) is 116 Å². The Labute approximate surface area is 191 Å². The summed E-state index contributed by atoms with van der Waals surface area (Å²) < 4.78 is 0. The maximum Gasteiger partial charge on any atom is 0.0505 e. The first kappa shape index (κ1) is 22.8. The highest BCUT2D eigenvalue weighted by atomic mass is 35.5. The largest absolute Gasteiger partial charge is 0.121 e. The summed E-state index contributed by atoms with van der Waals surface area (Å²) in [6.45, 7) is 12.6. The molecule has 29 heavy (non-hydrogen) atoms. The highest BCUT2D eigenvalue weighted by Crippen LogP contribution is 2.68. The van der Waals surface area contributed by atoms with Gasteiger partial charge in [-0.05, 0) is 104 Å². The van der Waals surface area contributed by atoms with Crippen LogP contribution in [0.25, 0.3) is 0 Å². The van der Waals surface area contributed by atoms with Gasteiger partial charge in [0.25, 0.3) is 0 Å². The van der Waals surface area contributed by atoms with Crippen molar-refractivity contribution in [2.24, 2.45) is 52.3 Å². The van der Waals surface area contributed by atoms with Gasteiger partial charge in [0.15, 0.2) is 0 Å². The highest BCUT2D eigenvalue weighted by Gasteiger charge is 2.61. The number of fused-ring (bicyclic) bond motifs is 5. The lowest BCUT2D eigenvalue weighted by atomic mass is 9.44. The molecule has 0 radical (unpaired) electrons. The summed E-state index contributed by atoms with van der Waals surface area (Å²) in [6.07, 6.45) is 15.4. The van der Waals surface area contributed by atoms with E-state index in [-0.39, 0.29) is 10.8 Å². The lowest BCUT2D eigenvalue weighted by Gasteiger charge is -2.61. The van der Waals surface area contributed by atoms with E-state index in [0.717, 1.165) is 54.3 Å². The van der Waals surface area contributed by atoms with Crippen molar-refractivity contribution in [3.63, 3.8) is 0 Å². The first-order valence-corrected chi connectivity index (χ1v) is 13.8. The van der Waals surface area contributed by atoms with Crippen LogP contribution in [-0.2, 0) is 0 Å². The van der Waals surface area contributed by atoms with Crippen molar-refractivity contribution in [3.8, 4) is 0 Å². The highest BCUT2D eigenvalue weighted by molar-refractivity contribution is 6.30. The molecule has 4 fully saturated rings. The van der Waals surface area contributed by atoms with Gasteiger partial charge in [-0.25, -0.2) is 0 Å². The maximum atomic E-state index is 6.75. The smallest absolute Gasteiger partial charge is 0.0505 e. The van der Waals surface area contributed by atoms with Crippen molar-refractivity contribution in [3.05, 3.63) is 0 Å². The molecule has 0 aromatic carbocycles. The quantitative estimate of drug-likeness (QED) is 0.374. The van der Waals surface area contributed by atoms with Crippen molar-refractivity contribution in [2.75, 3.05) is 0 Å². The molecule has 0 aromatic heterocycles. The molecule has 0 saturated heterocycles. The normalized spacial score (nSPS) is 50.7. The Balaban J connectivity index is 1.47. The van der Waals surface area contributed by atoms with Gasteiger partial charge in [0, 0.05) is 0 Å². The Hall–Kier alpha value is 0.580. The van der Waals surface area contributed by atoms with Gasteiger partial charge in [-0.15, -0.1) is 23.2 Å². The molecule has 0 aliphatic heterocycles. The fraction of sp³-hybridized carbons (Fsp3) is 1.00. The van der Waals surface area contributed by atoms with Crippen LogP contribution in [-0.4, -0.2) is 10.8 Å². The summed E-state index contributed by atoms with van der Waals surface area (Å²) in [5.74, 6) is 6.38. The Morgan fingerprint density at radius 2 is 1.55 bits per heavy atom. The zero-order chi connectivity index (χ0) is 21.0. The summed E-state index contributed by atoms with van der Waals surface area (Å²) in [4.78, 5) is 0. The topological polar surface area (TPSA) is 0 Å². The van der Waals surface area contributed by atoms with Gasteiger partial charge >= 0.3 is 0 Å². The van der Waals surface area contributed by atoms with Crippen LogP contribution >= 0.6 is 23.2 Å². The summed E-state index contributed by atoms with van der Waals surface area (Å²) >= 11 is 13.4.